The number of hydrogen-bond donors (Lipinski definition) is 0. The fourth-order valence-corrected chi connectivity index (χ4v) is 4.21. The van der Waals surface area contributed by atoms with Crippen LogP contribution in [0.25, 0.3) is 0 Å². The van der Waals surface area contributed by atoms with E-state index in [9.17, 15) is 0 Å². The quantitative estimate of drug-likeness (QED) is 0.837. The second kappa shape index (κ2) is 6.31. The van der Waals surface area contributed by atoms with E-state index in [4.69, 9.17) is 9.78 Å². The lowest BCUT2D eigenvalue weighted by Crippen LogP contribution is -2.08. The highest BCUT2D eigenvalue weighted by atomic mass is 32.2. The Morgan fingerprint density at radius 1 is 1.59 bits per heavy atom. The van der Waals surface area contributed by atoms with Gasteiger partial charge in [-0.25, -0.2) is 0 Å². The summed E-state index contributed by atoms with van der Waals surface area (Å²) >= 11 is 3.84. The number of aromatic nitrogens is 2. The molecule has 1 aliphatic heterocycles. The maximum atomic E-state index is 8.55. The minimum absolute atomic E-state index is 0.178. The Morgan fingerprint density at radius 3 is 3.18 bits per heavy atom. The van der Waals surface area contributed by atoms with Gasteiger partial charge in [-0.05, 0) is 6.42 Å². The first kappa shape index (κ1) is 12.8. The van der Waals surface area contributed by atoms with Gasteiger partial charge in [-0.2, -0.15) is 22.0 Å². The van der Waals surface area contributed by atoms with Crippen LogP contribution in [0.3, 0.4) is 0 Å². The second-order valence-electron chi connectivity index (χ2n) is 4.02. The highest BCUT2D eigenvalue weighted by molar-refractivity contribution is 8.06. The summed E-state index contributed by atoms with van der Waals surface area (Å²) in [5, 5.41) is 13.0. The van der Waals surface area contributed by atoms with Crippen LogP contribution < -0.4 is 0 Å². The number of hydrogen-bond acceptors (Lipinski definition) is 6. The Hall–Kier alpha value is -0.670. The predicted octanol–water partition coefficient (Wildman–Crippen LogP) is 3.00. The van der Waals surface area contributed by atoms with E-state index in [1.165, 1.54) is 5.75 Å². The molecule has 1 aromatic rings. The molecule has 92 valence electrons. The highest BCUT2D eigenvalue weighted by Gasteiger charge is 2.23. The molecule has 1 fully saturated rings. The summed E-state index contributed by atoms with van der Waals surface area (Å²) < 4.78 is 5.28. The molecule has 0 bridgehead atoms. The lowest BCUT2D eigenvalue weighted by Gasteiger charge is -2.17. The molecular formula is C11H15N3OS2. The van der Waals surface area contributed by atoms with E-state index >= 15 is 0 Å². The Morgan fingerprint density at radius 2 is 2.47 bits per heavy atom. The van der Waals surface area contributed by atoms with E-state index < -0.39 is 0 Å². The molecule has 1 saturated heterocycles. The van der Waals surface area contributed by atoms with Crippen molar-refractivity contribution in [3.8, 4) is 6.07 Å². The van der Waals surface area contributed by atoms with Gasteiger partial charge in [-0.3, -0.25) is 0 Å². The van der Waals surface area contributed by atoms with Crippen molar-refractivity contribution < 1.29 is 4.52 Å². The number of nitriles is 1. The molecular weight excluding hydrogens is 254 g/mol. The zero-order valence-corrected chi connectivity index (χ0v) is 11.4. The summed E-state index contributed by atoms with van der Waals surface area (Å²) in [6.07, 6.45) is 1.32. The second-order valence-corrected chi connectivity index (χ2v) is 6.48. The van der Waals surface area contributed by atoms with Crippen LogP contribution in [0.1, 0.15) is 42.6 Å². The molecule has 0 spiro atoms. The summed E-state index contributed by atoms with van der Waals surface area (Å²) in [5.41, 5.74) is 0. The van der Waals surface area contributed by atoms with Gasteiger partial charge in [0.05, 0.1) is 11.3 Å². The smallest absolute Gasteiger partial charge is 0.229 e. The fourth-order valence-electron chi connectivity index (χ4n) is 1.62. The minimum atomic E-state index is 0.178. The van der Waals surface area contributed by atoms with Gasteiger partial charge in [0.25, 0.3) is 0 Å². The number of nitrogens with zero attached hydrogens (tertiary/aromatic N) is 3. The summed E-state index contributed by atoms with van der Waals surface area (Å²) in [6.45, 7) is 2.03. The summed E-state index contributed by atoms with van der Waals surface area (Å²) in [5.74, 6) is 5.11. The molecule has 0 amide bonds. The molecule has 0 N–H and O–H groups in total. The Bertz CT molecular complexity index is 396. The lowest BCUT2D eigenvalue weighted by atomic mass is 10.1. The Labute approximate surface area is 110 Å². The van der Waals surface area contributed by atoms with Crippen LogP contribution in [-0.4, -0.2) is 27.4 Å². The van der Waals surface area contributed by atoms with Crippen LogP contribution in [0.4, 0.5) is 0 Å². The first-order chi connectivity index (χ1) is 8.31. The van der Waals surface area contributed by atoms with Crippen LogP contribution in [0, 0.1) is 11.3 Å². The van der Waals surface area contributed by atoms with E-state index in [1.807, 2.05) is 30.4 Å². The van der Waals surface area contributed by atoms with Crippen LogP contribution in [0.2, 0.25) is 0 Å². The molecule has 0 aromatic carbocycles. The molecule has 0 saturated carbocycles. The molecule has 1 aromatic heterocycles. The van der Waals surface area contributed by atoms with Gasteiger partial charge in [0.2, 0.25) is 5.89 Å². The van der Waals surface area contributed by atoms with E-state index in [0.29, 0.717) is 17.6 Å². The molecule has 1 aliphatic rings. The standard InChI is InChI=1S/C11H15N3OS2/c1-8(3-2-4-12)11-13-10(14-15-11)9-7-16-5-6-17-9/h8-9H,2-3,5-7H2,1H3. The largest absolute Gasteiger partial charge is 0.339 e. The van der Waals surface area contributed by atoms with Gasteiger partial charge < -0.3 is 4.52 Å². The maximum absolute atomic E-state index is 8.55. The van der Waals surface area contributed by atoms with Crippen molar-refractivity contribution in [1.82, 2.24) is 10.1 Å². The fraction of sp³-hybridized carbons (Fsp3) is 0.727. The predicted molar refractivity (Wildman–Crippen MR) is 70.1 cm³/mol. The molecule has 2 heterocycles. The highest BCUT2D eigenvalue weighted by Crippen LogP contribution is 2.35. The summed E-state index contributed by atoms with van der Waals surface area (Å²) in [4.78, 5) is 4.47. The lowest BCUT2D eigenvalue weighted by molar-refractivity contribution is 0.350. The monoisotopic (exact) mass is 269 g/mol. The third kappa shape index (κ3) is 3.39. The third-order valence-corrected chi connectivity index (χ3v) is 5.42. The SMILES string of the molecule is CC(CCC#N)c1nc(C2CSCCS2)no1. The van der Waals surface area contributed by atoms with E-state index in [2.05, 4.69) is 16.2 Å². The van der Waals surface area contributed by atoms with Gasteiger partial charge in [0, 0.05) is 29.6 Å². The molecule has 17 heavy (non-hydrogen) atoms. The first-order valence-corrected chi connectivity index (χ1v) is 7.91. The van der Waals surface area contributed by atoms with Crippen molar-refractivity contribution in [1.29, 1.82) is 5.26 Å². The topological polar surface area (TPSA) is 62.7 Å². The van der Waals surface area contributed by atoms with Crippen molar-refractivity contribution in [2.75, 3.05) is 17.3 Å². The average Bonchev–Trinajstić information content (AvgIpc) is 2.86. The molecule has 6 heteroatoms. The van der Waals surface area contributed by atoms with Crippen molar-refractivity contribution in [2.45, 2.75) is 30.9 Å². The average molecular weight is 269 g/mol. The van der Waals surface area contributed by atoms with Crippen molar-refractivity contribution in [3.05, 3.63) is 11.7 Å². The van der Waals surface area contributed by atoms with Gasteiger partial charge >= 0.3 is 0 Å². The van der Waals surface area contributed by atoms with Crippen LogP contribution in [0.15, 0.2) is 4.52 Å². The number of rotatable bonds is 4. The molecule has 0 aliphatic carbocycles. The zero-order valence-electron chi connectivity index (χ0n) is 9.76. The van der Waals surface area contributed by atoms with Crippen LogP contribution in [-0.2, 0) is 0 Å². The molecule has 0 radical (unpaired) electrons. The Kier molecular flexibility index (Phi) is 4.75. The molecule has 2 rings (SSSR count). The van der Waals surface area contributed by atoms with Crippen molar-refractivity contribution >= 4 is 23.5 Å². The summed E-state index contributed by atoms with van der Waals surface area (Å²) in [7, 11) is 0. The van der Waals surface area contributed by atoms with Crippen molar-refractivity contribution in [2.24, 2.45) is 0 Å². The first-order valence-electron chi connectivity index (χ1n) is 5.71. The molecule has 4 nitrogen and oxygen atoms in total. The normalized spacial score (nSPS) is 22.0. The maximum Gasteiger partial charge on any atom is 0.229 e. The van der Waals surface area contributed by atoms with Gasteiger partial charge in [0.15, 0.2) is 5.82 Å². The van der Waals surface area contributed by atoms with Crippen molar-refractivity contribution in [3.63, 3.8) is 0 Å². The third-order valence-electron chi connectivity index (χ3n) is 2.67. The molecule has 2 atom stereocenters. The zero-order chi connectivity index (χ0) is 12.1. The Balaban J connectivity index is 1.97. The van der Waals surface area contributed by atoms with Gasteiger partial charge in [0.1, 0.15) is 0 Å². The molecule has 2 unspecified atom stereocenters. The van der Waals surface area contributed by atoms with E-state index in [-0.39, 0.29) is 5.92 Å². The van der Waals surface area contributed by atoms with Crippen LogP contribution in [0.5, 0.6) is 0 Å². The number of thioether (sulfide) groups is 2. The van der Waals surface area contributed by atoms with E-state index in [0.717, 1.165) is 23.8 Å². The van der Waals surface area contributed by atoms with Gasteiger partial charge in [-0.1, -0.05) is 12.1 Å². The van der Waals surface area contributed by atoms with E-state index in [1.54, 1.807) is 0 Å². The summed E-state index contributed by atoms with van der Waals surface area (Å²) in [6, 6.07) is 2.14. The van der Waals surface area contributed by atoms with Gasteiger partial charge in [-0.15, -0.1) is 11.8 Å². The minimum Gasteiger partial charge on any atom is -0.339 e. The van der Waals surface area contributed by atoms with Crippen LogP contribution >= 0.6 is 23.5 Å².